The molecule has 0 spiro atoms. The summed E-state index contributed by atoms with van der Waals surface area (Å²) in [5, 5.41) is 13.2. The first-order valence-corrected chi connectivity index (χ1v) is 8.88. The van der Waals surface area contributed by atoms with Crippen LogP contribution >= 0.6 is 22.9 Å². The van der Waals surface area contributed by atoms with Crippen LogP contribution in [0.25, 0.3) is 20.8 Å². The fourth-order valence-corrected chi connectivity index (χ4v) is 3.89. The number of halogens is 2. The quantitative estimate of drug-likeness (QED) is 0.528. The molecule has 2 N–H and O–H groups in total. The molecule has 0 bridgehead atoms. The number of anilines is 2. The van der Waals surface area contributed by atoms with Crippen molar-refractivity contribution in [3.63, 3.8) is 0 Å². The molecule has 0 unspecified atom stereocenters. The maximum absolute atomic E-state index is 14.2. The van der Waals surface area contributed by atoms with Gasteiger partial charge in [0.2, 0.25) is 0 Å². The van der Waals surface area contributed by atoms with Crippen LogP contribution in [-0.4, -0.2) is 20.1 Å². The maximum atomic E-state index is 14.2. The van der Waals surface area contributed by atoms with E-state index < -0.39 is 5.82 Å². The number of benzene rings is 1. The van der Waals surface area contributed by atoms with Crippen LogP contribution in [-0.2, 0) is 6.61 Å². The van der Waals surface area contributed by atoms with Crippen LogP contribution in [0.5, 0.6) is 0 Å². The fraction of sp³-hybridized carbons (Fsp3) is 0.0556. The molecule has 3 heterocycles. The predicted molar refractivity (Wildman–Crippen MR) is 101 cm³/mol. The van der Waals surface area contributed by atoms with Crippen LogP contribution in [0.3, 0.4) is 0 Å². The minimum absolute atomic E-state index is 0.0781. The number of thiazole rings is 1. The van der Waals surface area contributed by atoms with E-state index in [0.29, 0.717) is 27.2 Å². The smallest absolute Gasteiger partial charge is 0.151 e. The summed E-state index contributed by atoms with van der Waals surface area (Å²) < 4.78 is 15.0. The van der Waals surface area contributed by atoms with Crippen molar-refractivity contribution < 1.29 is 9.50 Å². The average Bonchev–Trinajstić information content (AvgIpc) is 3.06. The Labute approximate surface area is 157 Å². The number of pyridine rings is 2. The van der Waals surface area contributed by atoms with Gasteiger partial charge in [0.05, 0.1) is 27.4 Å². The highest BCUT2D eigenvalue weighted by Gasteiger charge is 2.16. The number of hydrogen-bond donors (Lipinski definition) is 2. The number of aliphatic hydroxyl groups excluding tert-OH is 1. The summed E-state index contributed by atoms with van der Waals surface area (Å²) in [6.07, 6.45) is 3.22. The zero-order valence-corrected chi connectivity index (χ0v) is 14.9. The lowest BCUT2D eigenvalue weighted by Gasteiger charge is -2.06. The first-order chi connectivity index (χ1) is 12.7. The lowest BCUT2D eigenvalue weighted by atomic mass is 10.2. The van der Waals surface area contributed by atoms with E-state index in [0.717, 1.165) is 10.3 Å². The van der Waals surface area contributed by atoms with Gasteiger partial charge in [0.25, 0.3) is 0 Å². The van der Waals surface area contributed by atoms with Crippen LogP contribution in [0.15, 0.2) is 48.8 Å². The third kappa shape index (κ3) is 3.12. The van der Waals surface area contributed by atoms with Gasteiger partial charge in [-0.2, -0.15) is 0 Å². The van der Waals surface area contributed by atoms with Crippen LogP contribution in [0.4, 0.5) is 16.0 Å². The monoisotopic (exact) mass is 386 g/mol. The van der Waals surface area contributed by atoms with Crippen molar-refractivity contribution in [3.8, 4) is 10.6 Å². The SMILES string of the molecule is OCc1ccnc(Nc2nccc3nc(-c4c(F)cccc4Cl)sc23)c1. The molecule has 5 nitrogen and oxygen atoms in total. The van der Waals surface area contributed by atoms with Crippen molar-refractivity contribution in [2.75, 3.05) is 5.32 Å². The number of hydrogen-bond acceptors (Lipinski definition) is 6. The van der Waals surface area contributed by atoms with Crippen molar-refractivity contribution in [2.45, 2.75) is 6.61 Å². The van der Waals surface area contributed by atoms with Gasteiger partial charge in [-0.15, -0.1) is 11.3 Å². The highest BCUT2D eigenvalue weighted by molar-refractivity contribution is 7.22. The molecule has 3 aromatic heterocycles. The van der Waals surface area contributed by atoms with E-state index in [9.17, 15) is 9.50 Å². The standard InChI is InChI=1S/C18H12ClFN4OS/c19-11-2-1-3-12(20)15(11)18-23-13-5-7-22-17(16(13)26-18)24-14-8-10(9-25)4-6-21-14/h1-8,25H,9H2,(H,21,22,24). The number of nitrogens with zero attached hydrogens (tertiary/aromatic N) is 3. The third-order valence-electron chi connectivity index (χ3n) is 3.73. The van der Waals surface area contributed by atoms with Crippen LogP contribution in [0.1, 0.15) is 5.56 Å². The van der Waals surface area contributed by atoms with Crippen molar-refractivity contribution in [2.24, 2.45) is 0 Å². The Morgan fingerprint density at radius 3 is 2.81 bits per heavy atom. The first-order valence-electron chi connectivity index (χ1n) is 7.68. The Bertz CT molecular complexity index is 1080. The lowest BCUT2D eigenvalue weighted by molar-refractivity contribution is 0.282. The molecule has 1 aromatic carbocycles. The lowest BCUT2D eigenvalue weighted by Crippen LogP contribution is -1.97. The molecule has 26 heavy (non-hydrogen) atoms. The topological polar surface area (TPSA) is 70.9 Å². The Morgan fingerprint density at radius 2 is 2.00 bits per heavy atom. The van der Waals surface area contributed by atoms with Gasteiger partial charge in [-0.1, -0.05) is 17.7 Å². The molecule has 4 rings (SSSR count). The molecule has 0 atom stereocenters. The molecule has 0 fully saturated rings. The van der Waals surface area contributed by atoms with Gasteiger partial charge in [-0.3, -0.25) is 0 Å². The second kappa shape index (κ2) is 6.95. The number of nitrogens with one attached hydrogen (secondary N) is 1. The largest absolute Gasteiger partial charge is 0.392 e. The molecule has 4 aromatic rings. The Kier molecular flexibility index (Phi) is 4.50. The minimum atomic E-state index is -0.420. The van der Waals surface area contributed by atoms with Crippen molar-refractivity contribution in [1.29, 1.82) is 0 Å². The highest BCUT2D eigenvalue weighted by atomic mass is 35.5. The van der Waals surface area contributed by atoms with Gasteiger partial charge in [-0.25, -0.2) is 19.3 Å². The summed E-state index contributed by atoms with van der Waals surface area (Å²) in [6.45, 7) is -0.0781. The van der Waals surface area contributed by atoms with E-state index in [4.69, 9.17) is 11.6 Å². The summed E-state index contributed by atoms with van der Waals surface area (Å²) in [5.41, 5.74) is 1.69. The van der Waals surface area contributed by atoms with Crippen molar-refractivity contribution in [1.82, 2.24) is 15.0 Å². The van der Waals surface area contributed by atoms with Crippen LogP contribution in [0, 0.1) is 5.82 Å². The molecule has 130 valence electrons. The second-order valence-corrected chi connectivity index (χ2v) is 6.86. The molecule has 0 radical (unpaired) electrons. The number of fused-ring (bicyclic) bond motifs is 1. The Hall–Kier alpha value is -2.61. The normalized spacial score (nSPS) is 11.0. The summed E-state index contributed by atoms with van der Waals surface area (Å²) in [5.74, 6) is 0.688. The van der Waals surface area contributed by atoms with Gasteiger partial charge in [0, 0.05) is 12.4 Å². The number of aliphatic hydroxyl groups is 1. The second-order valence-electron chi connectivity index (χ2n) is 5.46. The summed E-state index contributed by atoms with van der Waals surface area (Å²) in [7, 11) is 0. The molecular weight excluding hydrogens is 375 g/mol. The van der Waals surface area contributed by atoms with E-state index in [1.54, 1.807) is 42.7 Å². The van der Waals surface area contributed by atoms with Gasteiger partial charge in [0.1, 0.15) is 16.6 Å². The zero-order chi connectivity index (χ0) is 18.1. The fourth-order valence-electron chi connectivity index (χ4n) is 2.52. The van der Waals surface area contributed by atoms with Crippen LogP contribution in [0.2, 0.25) is 5.02 Å². The number of aromatic nitrogens is 3. The molecule has 0 aliphatic carbocycles. The molecule has 0 aliphatic rings. The molecule has 0 saturated carbocycles. The van der Waals surface area contributed by atoms with Gasteiger partial charge in [0.15, 0.2) is 5.82 Å². The molecule has 0 aliphatic heterocycles. The van der Waals surface area contributed by atoms with E-state index in [1.165, 1.54) is 17.4 Å². The third-order valence-corrected chi connectivity index (χ3v) is 5.14. The Morgan fingerprint density at radius 1 is 1.15 bits per heavy atom. The van der Waals surface area contributed by atoms with Gasteiger partial charge >= 0.3 is 0 Å². The van der Waals surface area contributed by atoms with Gasteiger partial charge < -0.3 is 10.4 Å². The minimum Gasteiger partial charge on any atom is -0.392 e. The molecule has 0 saturated heterocycles. The van der Waals surface area contributed by atoms with E-state index in [1.807, 2.05) is 0 Å². The highest BCUT2D eigenvalue weighted by Crippen LogP contribution is 2.38. The average molecular weight is 387 g/mol. The van der Waals surface area contributed by atoms with Crippen molar-refractivity contribution >= 4 is 44.8 Å². The zero-order valence-electron chi connectivity index (χ0n) is 13.3. The molecule has 0 amide bonds. The molecular formula is C18H12ClFN4OS. The van der Waals surface area contributed by atoms with E-state index in [2.05, 4.69) is 20.3 Å². The first kappa shape index (κ1) is 16.8. The summed E-state index contributed by atoms with van der Waals surface area (Å²) in [6, 6.07) is 9.76. The molecule has 8 heteroatoms. The van der Waals surface area contributed by atoms with Gasteiger partial charge in [-0.05, 0) is 35.9 Å². The predicted octanol–water partition coefficient (Wildman–Crippen LogP) is 4.78. The maximum Gasteiger partial charge on any atom is 0.151 e. The van der Waals surface area contributed by atoms with E-state index >= 15 is 0 Å². The van der Waals surface area contributed by atoms with Crippen molar-refractivity contribution in [3.05, 3.63) is 65.2 Å². The van der Waals surface area contributed by atoms with E-state index in [-0.39, 0.29) is 12.2 Å². The summed E-state index contributed by atoms with van der Waals surface area (Å²) in [4.78, 5) is 13.1. The number of rotatable bonds is 4. The summed E-state index contributed by atoms with van der Waals surface area (Å²) >= 11 is 7.45. The Balaban J connectivity index is 1.79. The van der Waals surface area contributed by atoms with Crippen LogP contribution < -0.4 is 5.32 Å².